The van der Waals surface area contributed by atoms with Crippen LogP contribution in [0, 0.1) is 0 Å². The summed E-state index contributed by atoms with van der Waals surface area (Å²) in [5, 5.41) is 2.80. The van der Waals surface area contributed by atoms with Gasteiger partial charge in [-0.1, -0.05) is 106 Å². The number of halogens is 2. The second-order valence-corrected chi connectivity index (χ2v) is 17.6. The first kappa shape index (κ1) is 17.6. The van der Waals surface area contributed by atoms with Gasteiger partial charge in [0.2, 0.25) is 16.6 Å². The van der Waals surface area contributed by atoms with Gasteiger partial charge in [-0.25, -0.2) is 0 Å². The summed E-state index contributed by atoms with van der Waals surface area (Å²) in [6.07, 6.45) is 0. The van der Waals surface area contributed by atoms with Crippen molar-refractivity contribution < 1.29 is 4.12 Å². The summed E-state index contributed by atoms with van der Waals surface area (Å²) in [6, 6.07) is 21.6. The Morgan fingerprint density at radius 3 is 1.33 bits per heavy atom. The van der Waals surface area contributed by atoms with Crippen molar-refractivity contribution in [2.24, 2.45) is 0 Å². The summed E-state index contributed by atoms with van der Waals surface area (Å²) in [7, 11) is -3.79. The number of rotatable bonds is 6. The second kappa shape index (κ2) is 7.71. The van der Waals surface area contributed by atoms with E-state index in [0.717, 1.165) is 8.10 Å². The highest BCUT2D eigenvalue weighted by Gasteiger charge is 2.41. The maximum absolute atomic E-state index is 6.96. The molecule has 0 saturated carbocycles. The molecule has 2 aromatic rings. The smallest absolute Gasteiger partial charge is 0.219 e. The number of hydrogen-bond acceptors (Lipinski definition) is 1. The van der Waals surface area contributed by atoms with Gasteiger partial charge in [-0.15, -0.1) is 0 Å². The average molecular weight is 538 g/mol. The van der Waals surface area contributed by atoms with Gasteiger partial charge in [0.1, 0.15) is 0 Å². The summed E-state index contributed by atoms with van der Waals surface area (Å²) in [6.45, 7) is 4.71. The van der Waals surface area contributed by atoms with Crippen molar-refractivity contribution in [3.63, 3.8) is 0 Å². The lowest BCUT2D eigenvalue weighted by molar-refractivity contribution is 0.573. The zero-order chi connectivity index (χ0) is 15.3. The maximum atomic E-state index is 6.96. The Balaban J connectivity index is 2.36. The van der Waals surface area contributed by atoms with Gasteiger partial charge < -0.3 is 4.12 Å². The van der Waals surface area contributed by atoms with Crippen LogP contribution in [0.4, 0.5) is 0 Å². The molecular weight excluding hydrogens is 518 g/mol. The van der Waals surface area contributed by atoms with Crippen LogP contribution >= 0.6 is 45.2 Å². The van der Waals surface area contributed by atoms with Crippen molar-refractivity contribution in [3.05, 3.63) is 60.7 Å². The van der Waals surface area contributed by atoms with Gasteiger partial charge in [0.05, 0.1) is 0 Å². The number of hydrogen-bond donors (Lipinski definition) is 0. The van der Waals surface area contributed by atoms with Gasteiger partial charge in [-0.05, 0) is 23.5 Å². The van der Waals surface area contributed by atoms with E-state index in [4.69, 9.17) is 4.12 Å². The predicted molar refractivity (Wildman–Crippen MR) is 114 cm³/mol. The molecule has 1 nitrogen and oxygen atoms in total. The van der Waals surface area contributed by atoms with Crippen LogP contribution in [0.15, 0.2) is 60.7 Å². The fourth-order valence-corrected chi connectivity index (χ4v) is 15.3. The molecule has 2 unspecified atom stereocenters. The lowest BCUT2D eigenvalue weighted by atomic mass is 10.4. The van der Waals surface area contributed by atoms with Crippen molar-refractivity contribution in [2.45, 2.75) is 13.1 Å². The molecule has 0 spiro atoms. The molecule has 0 heterocycles. The van der Waals surface area contributed by atoms with E-state index in [9.17, 15) is 0 Å². The van der Waals surface area contributed by atoms with Crippen LogP contribution in [-0.2, 0) is 4.12 Å². The Hall–Kier alpha value is 0.294. The summed E-state index contributed by atoms with van der Waals surface area (Å²) < 4.78 is 9.13. The predicted octanol–water partition coefficient (Wildman–Crippen LogP) is 3.92. The SMILES string of the molecule is C[Si](CI)(O[Si](C)(CI)c1ccccc1)c1ccccc1. The molecule has 0 amide bonds. The van der Waals surface area contributed by atoms with E-state index in [-0.39, 0.29) is 0 Å². The van der Waals surface area contributed by atoms with Crippen LogP contribution in [0.5, 0.6) is 0 Å². The summed E-state index contributed by atoms with van der Waals surface area (Å²) in [5.74, 6) is 0. The fraction of sp³-hybridized carbons (Fsp3) is 0.250. The van der Waals surface area contributed by atoms with Crippen LogP contribution in [0.3, 0.4) is 0 Å². The lowest BCUT2D eigenvalue weighted by Gasteiger charge is -2.37. The second-order valence-electron chi connectivity index (χ2n) is 5.56. The molecule has 21 heavy (non-hydrogen) atoms. The van der Waals surface area contributed by atoms with E-state index in [0.29, 0.717) is 0 Å². The minimum Gasteiger partial charge on any atom is -0.448 e. The van der Waals surface area contributed by atoms with Gasteiger partial charge in [-0.3, -0.25) is 0 Å². The Bertz CT molecular complexity index is 516. The largest absolute Gasteiger partial charge is 0.448 e. The van der Waals surface area contributed by atoms with Gasteiger partial charge >= 0.3 is 0 Å². The first-order valence-electron chi connectivity index (χ1n) is 6.97. The van der Waals surface area contributed by atoms with E-state index in [1.54, 1.807) is 0 Å². The van der Waals surface area contributed by atoms with Crippen molar-refractivity contribution in [3.8, 4) is 0 Å². The number of benzene rings is 2. The monoisotopic (exact) mass is 538 g/mol. The third kappa shape index (κ3) is 4.18. The fourth-order valence-electron chi connectivity index (χ4n) is 2.41. The molecule has 0 aromatic heterocycles. The molecular formula is C16H20I2OSi2. The Labute approximate surface area is 157 Å². The summed E-state index contributed by atoms with van der Waals surface area (Å²) >= 11 is 5.00. The summed E-state index contributed by atoms with van der Waals surface area (Å²) in [4.78, 5) is 0. The van der Waals surface area contributed by atoms with Crippen molar-refractivity contribution in [2.75, 3.05) is 8.10 Å². The minimum absolute atomic E-state index is 1.08. The van der Waals surface area contributed by atoms with E-state index < -0.39 is 16.6 Å². The van der Waals surface area contributed by atoms with Crippen molar-refractivity contribution in [1.29, 1.82) is 0 Å². The zero-order valence-corrected chi connectivity index (χ0v) is 18.7. The van der Waals surface area contributed by atoms with Gasteiger partial charge in [-0.2, -0.15) is 0 Å². The normalized spacial score (nSPS) is 17.0. The highest BCUT2D eigenvalue weighted by atomic mass is 127. The molecule has 0 fully saturated rings. The molecule has 2 atom stereocenters. The molecule has 0 aliphatic carbocycles. The Morgan fingerprint density at radius 2 is 1.05 bits per heavy atom. The number of alkyl halides is 2. The van der Waals surface area contributed by atoms with Gasteiger partial charge in [0, 0.05) is 8.10 Å². The molecule has 0 aliphatic rings. The molecule has 0 aliphatic heterocycles. The van der Waals surface area contributed by atoms with Crippen molar-refractivity contribution >= 4 is 72.2 Å². The molecule has 5 heteroatoms. The first-order valence-corrected chi connectivity index (χ1v) is 15.3. The topological polar surface area (TPSA) is 9.23 Å². The zero-order valence-electron chi connectivity index (χ0n) is 12.4. The van der Waals surface area contributed by atoms with Gasteiger partial charge in [0.15, 0.2) is 0 Å². The van der Waals surface area contributed by atoms with E-state index >= 15 is 0 Å². The standard InChI is InChI=1S/C16H20I2OSi2/c1-20(13-17,15-9-5-3-6-10-15)19-21(2,14-18)16-11-7-4-8-12-16/h3-12H,13-14H2,1-2H3. The first-order chi connectivity index (χ1) is 10.0. The molecule has 2 rings (SSSR count). The highest BCUT2D eigenvalue weighted by molar-refractivity contribution is 14.1. The van der Waals surface area contributed by atoms with Crippen LogP contribution in [0.25, 0.3) is 0 Å². The highest BCUT2D eigenvalue weighted by Crippen LogP contribution is 2.19. The molecule has 2 aromatic carbocycles. The molecule has 0 N–H and O–H groups in total. The average Bonchev–Trinajstić information content (AvgIpc) is 2.56. The molecule has 0 radical (unpaired) electrons. The maximum Gasteiger partial charge on any atom is 0.219 e. The van der Waals surface area contributed by atoms with Crippen LogP contribution in [-0.4, -0.2) is 24.7 Å². The Morgan fingerprint density at radius 1 is 0.714 bits per heavy atom. The van der Waals surface area contributed by atoms with E-state index in [2.05, 4.69) is 119 Å². The van der Waals surface area contributed by atoms with Gasteiger partial charge in [0.25, 0.3) is 0 Å². The van der Waals surface area contributed by atoms with Crippen LogP contribution < -0.4 is 10.4 Å². The van der Waals surface area contributed by atoms with E-state index in [1.165, 1.54) is 10.4 Å². The lowest BCUT2D eigenvalue weighted by Crippen LogP contribution is -2.63. The minimum atomic E-state index is -1.90. The molecule has 0 saturated heterocycles. The third-order valence-corrected chi connectivity index (χ3v) is 20.2. The summed E-state index contributed by atoms with van der Waals surface area (Å²) in [5.41, 5.74) is 0. The Kier molecular flexibility index (Phi) is 6.48. The molecule has 112 valence electrons. The van der Waals surface area contributed by atoms with Crippen LogP contribution in [0.1, 0.15) is 0 Å². The molecule has 0 bridgehead atoms. The quantitative estimate of drug-likeness (QED) is 0.308. The van der Waals surface area contributed by atoms with E-state index in [1.807, 2.05) is 0 Å². The van der Waals surface area contributed by atoms with Crippen molar-refractivity contribution in [1.82, 2.24) is 0 Å². The third-order valence-electron chi connectivity index (χ3n) is 3.73. The van der Waals surface area contributed by atoms with Crippen LogP contribution in [0.2, 0.25) is 13.1 Å².